The molecule has 0 spiro atoms. The summed E-state index contributed by atoms with van der Waals surface area (Å²) in [5.74, 6) is 1.39. The summed E-state index contributed by atoms with van der Waals surface area (Å²) in [7, 11) is 0. The molecule has 1 saturated carbocycles. The van der Waals surface area contributed by atoms with Gasteiger partial charge in [0.2, 0.25) is 0 Å². The summed E-state index contributed by atoms with van der Waals surface area (Å²) in [4.78, 5) is 10.8. The minimum absolute atomic E-state index is 0.159. The Morgan fingerprint density at radius 3 is 2.47 bits per heavy atom. The first kappa shape index (κ1) is 12.2. The van der Waals surface area contributed by atoms with Crippen LogP contribution in [0.3, 0.4) is 0 Å². The zero-order valence-electron chi connectivity index (χ0n) is 9.59. The molecule has 3 nitrogen and oxygen atoms in total. The molecule has 0 saturated heterocycles. The zero-order valence-corrected chi connectivity index (χ0v) is 9.59. The highest BCUT2D eigenvalue weighted by Crippen LogP contribution is 2.31. The van der Waals surface area contributed by atoms with Gasteiger partial charge in [0.05, 0.1) is 6.54 Å². The molecule has 3 heteroatoms. The van der Waals surface area contributed by atoms with Crippen LogP contribution in [-0.4, -0.2) is 18.9 Å². The average Bonchev–Trinajstić information content (AvgIpc) is 2.26. The quantitative estimate of drug-likeness (QED) is 0.722. The van der Waals surface area contributed by atoms with E-state index in [1.54, 1.807) is 6.92 Å². The van der Waals surface area contributed by atoms with Crippen molar-refractivity contribution in [3.05, 3.63) is 12.3 Å². The Hall–Kier alpha value is -0.830. The highest BCUT2D eigenvalue weighted by atomic mass is 16.1. The number of hydrogen-bond donors (Lipinski definition) is 2. The Bertz CT molecular complexity index is 230. The van der Waals surface area contributed by atoms with Crippen LogP contribution < -0.4 is 11.1 Å². The van der Waals surface area contributed by atoms with Crippen LogP contribution >= 0.6 is 0 Å². The van der Waals surface area contributed by atoms with E-state index in [-0.39, 0.29) is 5.78 Å². The van der Waals surface area contributed by atoms with Crippen molar-refractivity contribution in [3.63, 3.8) is 0 Å². The van der Waals surface area contributed by atoms with Gasteiger partial charge in [0.15, 0.2) is 0 Å². The molecular formula is C12H22N2O. The van der Waals surface area contributed by atoms with Crippen molar-refractivity contribution < 1.29 is 4.79 Å². The van der Waals surface area contributed by atoms with E-state index in [0.29, 0.717) is 18.4 Å². The van der Waals surface area contributed by atoms with Crippen molar-refractivity contribution in [1.82, 2.24) is 5.32 Å². The minimum Gasteiger partial charge on any atom is -0.382 e. The molecule has 0 aromatic rings. The van der Waals surface area contributed by atoms with Gasteiger partial charge >= 0.3 is 0 Å². The number of Topliss-reactive ketones (excluding diaryl/α,β-unsaturated/α-hetero) is 1. The van der Waals surface area contributed by atoms with E-state index in [1.807, 2.05) is 0 Å². The molecule has 0 unspecified atom stereocenters. The van der Waals surface area contributed by atoms with E-state index < -0.39 is 0 Å². The number of allylic oxidation sites excluding steroid dienone is 1. The van der Waals surface area contributed by atoms with Crippen molar-refractivity contribution in [3.8, 4) is 0 Å². The maximum atomic E-state index is 10.8. The Balaban J connectivity index is 2.27. The molecule has 1 aliphatic carbocycles. The molecule has 0 aromatic heterocycles. The van der Waals surface area contributed by atoms with Gasteiger partial charge in [0, 0.05) is 5.70 Å². The SMILES string of the molecule is C=C(NCC(C)=O)C1CCC(CN)CC1. The number of ketones is 1. The van der Waals surface area contributed by atoms with Crippen molar-refractivity contribution in [2.24, 2.45) is 17.6 Å². The van der Waals surface area contributed by atoms with Gasteiger partial charge in [-0.15, -0.1) is 0 Å². The molecule has 86 valence electrons. The van der Waals surface area contributed by atoms with Gasteiger partial charge in [-0.3, -0.25) is 4.79 Å². The Kier molecular flexibility index (Phi) is 4.82. The Morgan fingerprint density at radius 2 is 2.00 bits per heavy atom. The number of carbonyl (C=O) groups is 1. The average molecular weight is 210 g/mol. The standard InChI is InChI=1S/C12H22N2O/c1-9(15)8-14-10(2)12-5-3-11(7-13)4-6-12/h11-12,14H,2-8,13H2,1H3. The van der Waals surface area contributed by atoms with E-state index >= 15 is 0 Å². The van der Waals surface area contributed by atoms with Gasteiger partial charge in [0.25, 0.3) is 0 Å². The summed E-state index contributed by atoms with van der Waals surface area (Å²) in [5.41, 5.74) is 6.67. The molecule has 0 atom stereocenters. The van der Waals surface area contributed by atoms with Crippen LogP contribution in [0.1, 0.15) is 32.6 Å². The third-order valence-electron chi connectivity index (χ3n) is 3.24. The van der Waals surface area contributed by atoms with Crippen LogP contribution in [0.15, 0.2) is 12.3 Å². The second-order valence-electron chi connectivity index (χ2n) is 4.53. The largest absolute Gasteiger partial charge is 0.382 e. The fourth-order valence-corrected chi connectivity index (χ4v) is 2.13. The lowest BCUT2D eigenvalue weighted by Gasteiger charge is -2.29. The molecule has 0 amide bonds. The predicted molar refractivity (Wildman–Crippen MR) is 62.3 cm³/mol. The molecule has 3 N–H and O–H groups in total. The number of hydrogen-bond acceptors (Lipinski definition) is 3. The second-order valence-corrected chi connectivity index (χ2v) is 4.53. The minimum atomic E-state index is 0.159. The molecule has 1 aliphatic rings. The third-order valence-corrected chi connectivity index (χ3v) is 3.24. The summed E-state index contributed by atoms with van der Waals surface area (Å²) in [5, 5.41) is 3.11. The number of nitrogens with two attached hydrogens (primary N) is 1. The summed E-state index contributed by atoms with van der Waals surface area (Å²) in [6.07, 6.45) is 4.71. The summed E-state index contributed by atoms with van der Waals surface area (Å²) >= 11 is 0. The molecule has 0 bridgehead atoms. The fraction of sp³-hybridized carbons (Fsp3) is 0.750. The van der Waals surface area contributed by atoms with Crippen LogP contribution in [0.2, 0.25) is 0 Å². The topological polar surface area (TPSA) is 55.1 Å². The molecule has 15 heavy (non-hydrogen) atoms. The summed E-state index contributed by atoms with van der Waals surface area (Å²) in [6.45, 7) is 6.81. The second kappa shape index (κ2) is 5.91. The fourth-order valence-electron chi connectivity index (χ4n) is 2.13. The first-order chi connectivity index (χ1) is 7.13. The van der Waals surface area contributed by atoms with Gasteiger partial charge in [-0.05, 0) is 51.0 Å². The molecular weight excluding hydrogens is 188 g/mol. The van der Waals surface area contributed by atoms with Crippen LogP contribution in [0.25, 0.3) is 0 Å². The van der Waals surface area contributed by atoms with Gasteiger partial charge in [-0.1, -0.05) is 6.58 Å². The first-order valence-electron chi connectivity index (χ1n) is 5.75. The van der Waals surface area contributed by atoms with Crippen LogP contribution in [-0.2, 0) is 4.79 Å². The summed E-state index contributed by atoms with van der Waals surface area (Å²) < 4.78 is 0. The van der Waals surface area contributed by atoms with Gasteiger partial charge in [-0.25, -0.2) is 0 Å². The molecule has 1 fully saturated rings. The van der Waals surface area contributed by atoms with E-state index in [1.165, 1.54) is 12.8 Å². The van der Waals surface area contributed by atoms with Crippen molar-refractivity contribution in [2.75, 3.05) is 13.1 Å². The highest BCUT2D eigenvalue weighted by Gasteiger charge is 2.21. The first-order valence-corrected chi connectivity index (χ1v) is 5.75. The number of rotatable bonds is 5. The van der Waals surface area contributed by atoms with Crippen LogP contribution in [0.4, 0.5) is 0 Å². The maximum absolute atomic E-state index is 10.8. The normalized spacial score (nSPS) is 26.0. The molecule has 0 aromatic carbocycles. The molecule has 1 rings (SSSR count). The monoisotopic (exact) mass is 210 g/mol. The van der Waals surface area contributed by atoms with E-state index in [4.69, 9.17) is 5.73 Å². The molecule has 0 radical (unpaired) electrons. The van der Waals surface area contributed by atoms with Gasteiger partial charge in [-0.2, -0.15) is 0 Å². The van der Waals surface area contributed by atoms with Crippen LogP contribution in [0, 0.1) is 11.8 Å². The predicted octanol–water partition coefficient (Wildman–Crippen LogP) is 1.44. The van der Waals surface area contributed by atoms with Crippen LogP contribution in [0.5, 0.6) is 0 Å². The van der Waals surface area contributed by atoms with E-state index in [2.05, 4.69) is 11.9 Å². The number of nitrogens with one attached hydrogen (secondary N) is 1. The Labute approximate surface area is 92.1 Å². The zero-order chi connectivity index (χ0) is 11.3. The van der Waals surface area contributed by atoms with Crippen molar-refractivity contribution >= 4 is 5.78 Å². The number of carbonyl (C=O) groups excluding carboxylic acids is 1. The van der Waals surface area contributed by atoms with Crippen molar-refractivity contribution in [1.29, 1.82) is 0 Å². The van der Waals surface area contributed by atoms with Crippen molar-refractivity contribution in [2.45, 2.75) is 32.6 Å². The van der Waals surface area contributed by atoms with E-state index in [9.17, 15) is 4.79 Å². The highest BCUT2D eigenvalue weighted by molar-refractivity contribution is 5.77. The Morgan fingerprint density at radius 1 is 1.40 bits per heavy atom. The third kappa shape index (κ3) is 4.04. The lowest BCUT2D eigenvalue weighted by molar-refractivity contribution is -0.116. The smallest absolute Gasteiger partial charge is 0.148 e. The van der Waals surface area contributed by atoms with Gasteiger partial charge in [0.1, 0.15) is 5.78 Å². The maximum Gasteiger partial charge on any atom is 0.148 e. The summed E-state index contributed by atoms with van der Waals surface area (Å²) in [6, 6.07) is 0. The lowest BCUT2D eigenvalue weighted by Crippen LogP contribution is -2.28. The molecule has 0 heterocycles. The van der Waals surface area contributed by atoms with Gasteiger partial charge < -0.3 is 11.1 Å². The van der Waals surface area contributed by atoms with E-state index in [0.717, 1.165) is 25.1 Å². The lowest BCUT2D eigenvalue weighted by atomic mass is 9.81. The molecule has 0 aliphatic heterocycles.